The van der Waals surface area contributed by atoms with Crippen LogP contribution in [-0.2, 0) is 16.4 Å². The van der Waals surface area contributed by atoms with Gasteiger partial charge in [0.15, 0.2) is 0 Å². The second-order valence-electron chi connectivity index (χ2n) is 6.81. The third-order valence-corrected chi connectivity index (χ3v) is 6.06. The Hall–Kier alpha value is -3.42. The van der Waals surface area contributed by atoms with Gasteiger partial charge in [0, 0.05) is 29.8 Å². The van der Waals surface area contributed by atoms with Crippen molar-refractivity contribution in [2.75, 3.05) is 19.0 Å². The van der Waals surface area contributed by atoms with Gasteiger partial charge in [0.05, 0.1) is 12.0 Å². The summed E-state index contributed by atoms with van der Waals surface area (Å²) in [5.74, 6) is 0.405. The topological polar surface area (TPSA) is 84.5 Å². The molecule has 0 aliphatic heterocycles. The predicted molar refractivity (Wildman–Crippen MR) is 122 cm³/mol. The molecule has 0 aliphatic rings. The van der Waals surface area contributed by atoms with Crippen LogP contribution < -0.4 is 14.8 Å². The molecule has 3 aromatic carbocycles. The highest BCUT2D eigenvalue weighted by Gasteiger charge is 2.14. The maximum atomic E-state index is 12.7. The zero-order valence-corrected chi connectivity index (χ0v) is 18.0. The average molecular weight is 437 g/mol. The summed E-state index contributed by atoms with van der Waals surface area (Å²) < 4.78 is 32.1. The zero-order valence-electron chi connectivity index (χ0n) is 17.2. The van der Waals surface area contributed by atoms with Crippen molar-refractivity contribution in [1.29, 1.82) is 0 Å². The fraction of sp³-hybridized carbons (Fsp3) is 0.125. The minimum absolute atomic E-state index is 0.0838. The third-order valence-electron chi connectivity index (χ3n) is 4.62. The van der Waals surface area contributed by atoms with E-state index in [-0.39, 0.29) is 17.3 Å². The highest BCUT2D eigenvalue weighted by Crippen LogP contribution is 2.25. The fourth-order valence-electron chi connectivity index (χ4n) is 3.05. The number of methoxy groups -OCH3 is 1. The lowest BCUT2D eigenvalue weighted by atomic mass is 10.0. The van der Waals surface area contributed by atoms with E-state index in [0.717, 1.165) is 16.9 Å². The summed E-state index contributed by atoms with van der Waals surface area (Å²) in [7, 11) is -2.02. The van der Waals surface area contributed by atoms with E-state index in [1.54, 1.807) is 13.2 Å². The molecule has 0 atom stereocenters. The van der Waals surface area contributed by atoms with Crippen LogP contribution in [0, 0.1) is 0 Å². The molecular weight excluding hydrogens is 412 g/mol. The van der Waals surface area contributed by atoms with Crippen LogP contribution >= 0.6 is 0 Å². The normalized spacial score (nSPS) is 11.0. The summed E-state index contributed by atoms with van der Waals surface area (Å²) in [5, 5.41) is 2.86. The summed E-state index contributed by atoms with van der Waals surface area (Å²) in [6, 6.07) is 21.2. The fourth-order valence-corrected chi connectivity index (χ4v) is 4.05. The first-order valence-corrected chi connectivity index (χ1v) is 11.1. The molecule has 0 aliphatic carbocycles. The van der Waals surface area contributed by atoms with E-state index in [2.05, 4.69) is 16.6 Å². The van der Waals surface area contributed by atoms with Crippen molar-refractivity contribution in [2.45, 2.75) is 11.3 Å². The van der Waals surface area contributed by atoms with Crippen LogP contribution in [0.3, 0.4) is 0 Å². The molecule has 3 rings (SSSR count). The van der Waals surface area contributed by atoms with E-state index in [4.69, 9.17) is 4.74 Å². The number of ether oxygens (including phenoxy) is 1. The Morgan fingerprint density at radius 2 is 1.74 bits per heavy atom. The molecule has 0 saturated heterocycles. The smallest absolute Gasteiger partial charge is 0.255 e. The van der Waals surface area contributed by atoms with E-state index in [9.17, 15) is 13.2 Å². The van der Waals surface area contributed by atoms with Gasteiger partial charge in [-0.3, -0.25) is 4.79 Å². The van der Waals surface area contributed by atoms with Crippen LogP contribution in [0.2, 0.25) is 0 Å². The monoisotopic (exact) mass is 436 g/mol. The van der Waals surface area contributed by atoms with Gasteiger partial charge in [0.1, 0.15) is 5.75 Å². The molecule has 0 aromatic heterocycles. The van der Waals surface area contributed by atoms with E-state index in [0.29, 0.717) is 17.7 Å². The second kappa shape index (κ2) is 10.1. The number of sulfonamides is 1. The minimum atomic E-state index is -3.63. The Morgan fingerprint density at radius 1 is 1.03 bits per heavy atom. The van der Waals surface area contributed by atoms with Crippen molar-refractivity contribution in [1.82, 2.24) is 4.72 Å². The molecule has 3 aromatic rings. The Labute approximate surface area is 182 Å². The highest BCUT2D eigenvalue weighted by atomic mass is 32.2. The summed E-state index contributed by atoms with van der Waals surface area (Å²) in [4.78, 5) is 12.7. The molecule has 0 bridgehead atoms. The molecule has 31 heavy (non-hydrogen) atoms. The molecule has 0 radical (unpaired) electrons. The van der Waals surface area contributed by atoms with Crippen molar-refractivity contribution in [2.24, 2.45) is 0 Å². The molecule has 0 saturated carbocycles. The molecule has 1 amide bonds. The molecule has 7 heteroatoms. The third kappa shape index (κ3) is 5.81. The molecule has 160 valence electrons. The molecule has 0 heterocycles. The Kier molecular flexibility index (Phi) is 7.23. The molecule has 2 N–H and O–H groups in total. The van der Waals surface area contributed by atoms with Crippen molar-refractivity contribution >= 4 is 21.6 Å². The summed E-state index contributed by atoms with van der Waals surface area (Å²) >= 11 is 0. The van der Waals surface area contributed by atoms with Crippen LogP contribution in [0.1, 0.15) is 21.5 Å². The molecule has 6 nitrogen and oxygen atoms in total. The Bertz CT molecular complexity index is 1160. The quantitative estimate of drug-likeness (QED) is 0.497. The minimum Gasteiger partial charge on any atom is -0.496 e. The summed E-state index contributed by atoms with van der Waals surface area (Å²) in [6.07, 6.45) is 2.12. The Balaban J connectivity index is 1.75. The first-order valence-electron chi connectivity index (χ1n) is 9.66. The van der Waals surface area contributed by atoms with Crippen molar-refractivity contribution in [3.8, 4) is 5.75 Å². The maximum Gasteiger partial charge on any atom is 0.255 e. The van der Waals surface area contributed by atoms with Crippen LogP contribution in [0.5, 0.6) is 5.75 Å². The van der Waals surface area contributed by atoms with Crippen molar-refractivity contribution in [3.05, 3.63) is 102 Å². The van der Waals surface area contributed by atoms with Crippen LogP contribution in [0.25, 0.3) is 0 Å². The van der Waals surface area contributed by atoms with Gasteiger partial charge in [-0.2, -0.15) is 0 Å². The van der Waals surface area contributed by atoms with Gasteiger partial charge in [0.2, 0.25) is 10.0 Å². The Morgan fingerprint density at radius 3 is 2.39 bits per heavy atom. The lowest BCUT2D eigenvalue weighted by Gasteiger charge is -2.12. The van der Waals surface area contributed by atoms with Gasteiger partial charge in [-0.05, 0) is 48.0 Å². The van der Waals surface area contributed by atoms with E-state index in [1.807, 2.05) is 42.5 Å². The van der Waals surface area contributed by atoms with Crippen LogP contribution in [-0.4, -0.2) is 28.0 Å². The van der Waals surface area contributed by atoms with Crippen molar-refractivity contribution < 1.29 is 17.9 Å². The van der Waals surface area contributed by atoms with Gasteiger partial charge in [-0.25, -0.2) is 13.1 Å². The zero-order chi connectivity index (χ0) is 22.3. The summed E-state index contributed by atoms with van der Waals surface area (Å²) in [5.41, 5.74) is 3.05. The second-order valence-corrected chi connectivity index (χ2v) is 8.58. The van der Waals surface area contributed by atoms with Crippen LogP contribution in [0.4, 0.5) is 5.69 Å². The average Bonchev–Trinajstić information content (AvgIpc) is 2.79. The number of benzene rings is 3. The largest absolute Gasteiger partial charge is 0.496 e. The molecule has 0 spiro atoms. The number of anilines is 1. The van der Waals surface area contributed by atoms with E-state index < -0.39 is 10.0 Å². The van der Waals surface area contributed by atoms with Gasteiger partial charge in [-0.15, -0.1) is 6.58 Å². The van der Waals surface area contributed by atoms with Gasteiger partial charge in [0.25, 0.3) is 5.91 Å². The first kappa shape index (κ1) is 22.3. The highest BCUT2D eigenvalue weighted by molar-refractivity contribution is 7.89. The number of hydrogen-bond donors (Lipinski definition) is 2. The van der Waals surface area contributed by atoms with E-state index in [1.165, 1.54) is 30.3 Å². The standard InChI is InChI=1S/C24H24N2O4S/c1-3-15-25-31(28,29)22-12-9-19(10-13-22)24(27)26-21-11-14-23(30-2)20(17-21)16-18-7-5-4-6-8-18/h3-14,17,25H,1,15-16H2,2H3,(H,26,27). The van der Waals surface area contributed by atoms with Crippen LogP contribution in [0.15, 0.2) is 90.3 Å². The van der Waals surface area contributed by atoms with E-state index >= 15 is 0 Å². The molecular formula is C24H24N2O4S. The predicted octanol–water partition coefficient (Wildman–Crippen LogP) is 4.00. The lowest BCUT2D eigenvalue weighted by Crippen LogP contribution is -2.23. The number of hydrogen-bond acceptors (Lipinski definition) is 4. The van der Waals surface area contributed by atoms with Gasteiger partial charge in [-0.1, -0.05) is 36.4 Å². The van der Waals surface area contributed by atoms with Gasteiger partial charge >= 0.3 is 0 Å². The number of nitrogens with one attached hydrogen (secondary N) is 2. The maximum absolute atomic E-state index is 12.7. The lowest BCUT2D eigenvalue weighted by molar-refractivity contribution is 0.102. The summed E-state index contributed by atoms with van der Waals surface area (Å²) in [6.45, 7) is 3.62. The van der Waals surface area contributed by atoms with Crippen molar-refractivity contribution in [3.63, 3.8) is 0 Å². The molecule has 0 unspecified atom stereocenters. The SMILES string of the molecule is C=CCNS(=O)(=O)c1ccc(C(=O)Nc2ccc(OC)c(Cc3ccccc3)c2)cc1. The number of carbonyl (C=O) groups excluding carboxylic acids is 1. The van der Waals surface area contributed by atoms with Gasteiger partial charge < -0.3 is 10.1 Å². The molecule has 0 fully saturated rings. The number of carbonyl (C=O) groups is 1. The number of amides is 1. The number of rotatable bonds is 9. The first-order chi connectivity index (χ1) is 14.9.